The van der Waals surface area contributed by atoms with E-state index in [-0.39, 0.29) is 11.6 Å². The van der Waals surface area contributed by atoms with Gasteiger partial charge in [-0.3, -0.25) is 19.8 Å². The molecule has 0 bridgehead atoms. The van der Waals surface area contributed by atoms with Crippen molar-refractivity contribution in [3.05, 3.63) is 52.9 Å². The lowest BCUT2D eigenvalue weighted by atomic mass is 9.93. The molecule has 1 aromatic carbocycles. The Morgan fingerprint density at radius 1 is 0.943 bits per heavy atom. The van der Waals surface area contributed by atoms with E-state index < -0.39 is 17.8 Å². The molecule has 2 aromatic rings. The normalized spacial score (nSPS) is 21.1. The number of aromatic nitrogens is 1. The Morgan fingerprint density at radius 2 is 1.60 bits per heavy atom. The number of nitrogens with zero attached hydrogens (tertiary/aromatic N) is 3. The van der Waals surface area contributed by atoms with Gasteiger partial charge in [0.1, 0.15) is 5.57 Å². The van der Waals surface area contributed by atoms with Gasteiger partial charge in [0.15, 0.2) is 0 Å². The van der Waals surface area contributed by atoms with Gasteiger partial charge in [-0.25, -0.2) is 4.79 Å². The highest BCUT2D eigenvalue weighted by Gasteiger charge is 2.40. The fourth-order valence-corrected chi connectivity index (χ4v) is 5.46. The van der Waals surface area contributed by atoms with E-state index in [2.05, 4.69) is 39.0 Å². The zero-order valence-corrected chi connectivity index (χ0v) is 20.4. The van der Waals surface area contributed by atoms with E-state index in [1.54, 1.807) is 6.08 Å². The molecule has 0 atom stereocenters. The maximum atomic E-state index is 13.3. The smallest absolute Gasteiger partial charge is 0.331 e. The number of barbiturate groups is 1. The Hall–Kier alpha value is -3.39. The Balaban J connectivity index is 1.43. The van der Waals surface area contributed by atoms with Crippen molar-refractivity contribution in [1.29, 1.82) is 0 Å². The van der Waals surface area contributed by atoms with Gasteiger partial charge in [0.2, 0.25) is 0 Å². The van der Waals surface area contributed by atoms with Crippen molar-refractivity contribution in [3.8, 4) is 5.69 Å². The second-order valence-corrected chi connectivity index (χ2v) is 9.56. The monoisotopic (exact) mass is 476 g/mol. The zero-order valence-electron chi connectivity index (χ0n) is 20.4. The molecule has 1 saturated carbocycles. The van der Waals surface area contributed by atoms with E-state index >= 15 is 0 Å². The molecular formula is C27H32N4O4. The first-order chi connectivity index (χ1) is 16.9. The molecule has 1 aromatic heterocycles. The maximum Gasteiger partial charge on any atom is 0.331 e. The van der Waals surface area contributed by atoms with Crippen LogP contribution in [0.15, 0.2) is 35.9 Å². The van der Waals surface area contributed by atoms with Crippen LogP contribution in [0, 0.1) is 13.8 Å². The van der Waals surface area contributed by atoms with E-state index in [0.29, 0.717) is 0 Å². The largest absolute Gasteiger partial charge is 0.378 e. The van der Waals surface area contributed by atoms with Gasteiger partial charge in [0.05, 0.1) is 13.2 Å². The predicted molar refractivity (Wildman–Crippen MR) is 134 cm³/mol. The highest BCUT2D eigenvalue weighted by Crippen LogP contribution is 2.29. The molecule has 3 heterocycles. The van der Waals surface area contributed by atoms with E-state index in [1.807, 2.05) is 19.9 Å². The van der Waals surface area contributed by atoms with Gasteiger partial charge in [-0.1, -0.05) is 19.3 Å². The topological polar surface area (TPSA) is 83.9 Å². The number of rotatable bonds is 4. The first-order valence-corrected chi connectivity index (χ1v) is 12.5. The summed E-state index contributed by atoms with van der Waals surface area (Å²) in [6, 6.07) is 9.63. The van der Waals surface area contributed by atoms with Crippen molar-refractivity contribution in [2.24, 2.45) is 0 Å². The van der Waals surface area contributed by atoms with Crippen LogP contribution in [-0.2, 0) is 14.3 Å². The highest BCUT2D eigenvalue weighted by molar-refractivity contribution is 6.31. The van der Waals surface area contributed by atoms with Crippen LogP contribution >= 0.6 is 0 Å². The second-order valence-electron chi connectivity index (χ2n) is 9.56. The molecule has 184 valence electrons. The molecule has 0 radical (unpaired) electrons. The number of anilines is 1. The number of ether oxygens (including phenoxy) is 1. The third-order valence-electron chi connectivity index (χ3n) is 7.33. The van der Waals surface area contributed by atoms with Crippen LogP contribution in [0.2, 0.25) is 0 Å². The van der Waals surface area contributed by atoms with Crippen LogP contribution in [0.25, 0.3) is 11.8 Å². The van der Waals surface area contributed by atoms with E-state index in [9.17, 15) is 14.4 Å². The number of amides is 4. The average Bonchev–Trinajstić information content (AvgIpc) is 3.15. The summed E-state index contributed by atoms with van der Waals surface area (Å²) < 4.78 is 7.56. The van der Waals surface area contributed by atoms with E-state index in [4.69, 9.17) is 4.74 Å². The van der Waals surface area contributed by atoms with Crippen molar-refractivity contribution in [3.63, 3.8) is 0 Å². The lowest BCUT2D eigenvalue weighted by molar-refractivity contribution is -0.132. The van der Waals surface area contributed by atoms with Crippen molar-refractivity contribution < 1.29 is 19.1 Å². The molecule has 0 spiro atoms. The number of nitrogens with one attached hydrogen (secondary N) is 1. The van der Waals surface area contributed by atoms with Crippen molar-refractivity contribution in [1.82, 2.24) is 14.8 Å². The molecule has 2 saturated heterocycles. The second kappa shape index (κ2) is 9.70. The van der Waals surface area contributed by atoms with E-state index in [1.165, 1.54) is 10.6 Å². The van der Waals surface area contributed by atoms with Gasteiger partial charge >= 0.3 is 6.03 Å². The first kappa shape index (κ1) is 23.4. The van der Waals surface area contributed by atoms with Crippen molar-refractivity contribution in [2.45, 2.75) is 52.0 Å². The summed E-state index contributed by atoms with van der Waals surface area (Å²) in [5.74, 6) is -1.13. The van der Waals surface area contributed by atoms with Crippen molar-refractivity contribution in [2.75, 3.05) is 31.2 Å². The SMILES string of the molecule is Cc1cc(C=C2C(=O)NC(=O)N(C3CCCCC3)C2=O)c(C)n1-c1ccc(N2CCOCC2)cc1. The number of morpholine rings is 1. The summed E-state index contributed by atoms with van der Waals surface area (Å²) in [5, 5.41) is 2.38. The summed E-state index contributed by atoms with van der Waals surface area (Å²) in [6.07, 6.45) is 6.29. The summed E-state index contributed by atoms with van der Waals surface area (Å²) in [5.41, 5.74) is 4.90. The number of carbonyl (C=O) groups excluding carboxylic acids is 3. The van der Waals surface area contributed by atoms with Gasteiger partial charge in [-0.15, -0.1) is 0 Å². The fourth-order valence-electron chi connectivity index (χ4n) is 5.46. The molecule has 2 aliphatic heterocycles. The quantitative estimate of drug-likeness (QED) is 0.537. The van der Waals surface area contributed by atoms with Gasteiger partial charge < -0.3 is 14.2 Å². The third-order valence-corrected chi connectivity index (χ3v) is 7.33. The number of benzene rings is 1. The van der Waals surface area contributed by atoms with Crippen LogP contribution in [-0.4, -0.2) is 59.7 Å². The summed E-state index contributed by atoms with van der Waals surface area (Å²) >= 11 is 0. The molecule has 1 N–H and O–H groups in total. The Bertz CT molecular complexity index is 1170. The molecule has 4 amide bonds. The lowest BCUT2D eigenvalue weighted by Gasteiger charge is -2.35. The minimum atomic E-state index is -0.633. The highest BCUT2D eigenvalue weighted by atomic mass is 16.5. The Labute approximate surface area is 205 Å². The summed E-state index contributed by atoms with van der Waals surface area (Å²) in [7, 11) is 0. The summed E-state index contributed by atoms with van der Waals surface area (Å²) in [4.78, 5) is 42.0. The predicted octanol–water partition coefficient (Wildman–Crippen LogP) is 3.73. The minimum absolute atomic E-state index is 0.0121. The number of carbonyl (C=O) groups is 3. The standard InChI is InChI=1S/C27H32N4O4/c1-18-16-20(17-24-25(32)28-27(34)31(26(24)33)22-6-4-3-5-7-22)19(2)30(18)23-10-8-21(9-11-23)29-12-14-35-15-13-29/h8-11,16-17,22H,3-7,12-15H2,1-2H3,(H,28,32,34). The van der Waals surface area contributed by atoms with Crippen molar-refractivity contribution >= 4 is 29.6 Å². The van der Waals surface area contributed by atoms with Gasteiger partial charge in [-0.05, 0) is 68.7 Å². The first-order valence-electron chi connectivity index (χ1n) is 12.5. The maximum absolute atomic E-state index is 13.3. The molecule has 8 heteroatoms. The number of urea groups is 1. The molecule has 3 fully saturated rings. The van der Waals surface area contributed by atoms with Crippen LogP contribution in [0.3, 0.4) is 0 Å². The molecular weight excluding hydrogens is 444 g/mol. The molecule has 5 rings (SSSR count). The van der Waals surface area contributed by atoms with Gasteiger partial charge in [0, 0.05) is 41.9 Å². The van der Waals surface area contributed by atoms with Crippen LogP contribution in [0.4, 0.5) is 10.5 Å². The number of aryl methyl sites for hydroxylation is 1. The molecule has 35 heavy (non-hydrogen) atoms. The van der Waals surface area contributed by atoms with E-state index in [0.717, 1.165) is 81.0 Å². The lowest BCUT2D eigenvalue weighted by Crippen LogP contribution is -2.58. The Kier molecular flexibility index (Phi) is 6.47. The molecule has 8 nitrogen and oxygen atoms in total. The van der Waals surface area contributed by atoms with Crippen LogP contribution in [0.1, 0.15) is 49.1 Å². The molecule has 1 aliphatic carbocycles. The number of hydrogen-bond donors (Lipinski definition) is 1. The zero-order chi connectivity index (χ0) is 24.5. The fraction of sp³-hybridized carbons (Fsp3) is 0.444. The van der Waals surface area contributed by atoms with Crippen LogP contribution < -0.4 is 10.2 Å². The number of imide groups is 2. The molecule has 3 aliphatic rings. The minimum Gasteiger partial charge on any atom is -0.378 e. The number of hydrogen-bond acceptors (Lipinski definition) is 5. The average molecular weight is 477 g/mol. The summed E-state index contributed by atoms with van der Waals surface area (Å²) in [6.45, 7) is 7.23. The Morgan fingerprint density at radius 3 is 2.29 bits per heavy atom. The van der Waals surface area contributed by atoms with Gasteiger partial charge in [-0.2, -0.15) is 0 Å². The van der Waals surface area contributed by atoms with Gasteiger partial charge in [0.25, 0.3) is 11.8 Å². The molecule has 0 unspecified atom stereocenters. The third kappa shape index (κ3) is 4.50. The van der Waals surface area contributed by atoms with Crippen LogP contribution in [0.5, 0.6) is 0 Å².